The average molecular weight is 312 g/mol. The Bertz CT molecular complexity index is 657. The minimum absolute atomic E-state index is 0.134. The third-order valence-corrected chi connectivity index (χ3v) is 5.92. The topological polar surface area (TPSA) is 101 Å². The number of piperidine rings is 1. The van der Waals surface area contributed by atoms with Gasteiger partial charge in [0, 0.05) is 18.3 Å². The summed E-state index contributed by atoms with van der Waals surface area (Å²) in [5.41, 5.74) is 5.52. The van der Waals surface area contributed by atoms with Crippen LogP contribution in [0.5, 0.6) is 0 Å². The van der Waals surface area contributed by atoms with Crippen LogP contribution in [0, 0.1) is 5.92 Å². The van der Waals surface area contributed by atoms with E-state index in [0.29, 0.717) is 6.54 Å². The molecule has 116 valence electrons. The molecule has 0 amide bonds. The molecule has 0 aromatic heterocycles. The first-order valence-electron chi connectivity index (χ1n) is 6.88. The molecule has 0 radical (unpaired) electrons. The molecule has 2 rings (SSSR count). The van der Waals surface area contributed by atoms with Gasteiger partial charge >= 0.3 is 5.97 Å². The molecule has 1 aromatic carbocycles. The highest BCUT2D eigenvalue weighted by Crippen LogP contribution is 2.30. The number of anilines is 1. The van der Waals surface area contributed by atoms with Crippen LogP contribution in [0.15, 0.2) is 23.1 Å². The van der Waals surface area contributed by atoms with Crippen molar-refractivity contribution in [2.45, 2.75) is 37.6 Å². The van der Waals surface area contributed by atoms with Gasteiger partial charge in [0.05, 0.1) is 10.5 Å². The lowest BCUT2D eigenvalue weighted by atomic mass is 9.97. The number of nitrogens with zero attached hydrogens (tertiary/aromatic N) is 1. The van der Waals surface area contributed by atoms with E-state index in [-0.39, 0.29) is 28.1 Å². The highest BCUT2D eigenvalue weighted by atomic mass is 32.2. The zero-order valence-electron chi connectivity index (χ0n) is 12.1. The summed E-state index contributed by atoms with van der Waals surface area (Å²) >= 11 is 0. The van der Waals surface area contributed by atoms with E-state index in [1.807, 2.05) is 13.8 Å². The van der Waals surface area contributed by atoms with E-state index in [2.05, 4.69) is 0 Å². The van der Waals surface area contributed by atoms with Gasteiger partial charge in [0.2, 0.25) is 10.0 Å². The monoisotopic (exact) mass is 312 g/mol. The fraction of sp³-hybridized carbons (Fsp3) is 0.500. The average Bonchev–Trinajstić information content (AvgIpc) is 2.41. The van der Waals surface area contributed by atoms with Crippen LogP contribution in [0.3, 0.4) is 0 Å². The summed E-state index contributed by atoms with van der Waals surface area (Å²) in [5, 5.41) is 9.23. The number of carboxylic acids is 1. The van der Waals surface area contributed by atoms with Crippen molar-refractivity contribution in [2.75, 3.05) is 12.3 Å². The number of aromatic carboxylic acids is 1. The molecule has 21 heavy (non-hydrogen) atoms. The maximum atomic E-state index is 12.8. The van der Waals surface area contributed by atoms with Crippen LogP contribution in [0.2, 0.25) is 0 Å². The van der Waals surface area contributed by atoms with Crippen molar-refractivity contribution >= 4 is 21.7 Å². The second-order valence-electron chi connectivity index (χ2n) is 5.67. The summed E-state index contributed by atoms with van der Waals surface area (Å²) in [6, 6.07) is 3.75. The Hall–Kier alpha value is -1.60. The van der Waals surface area contributed by atoms with Gasteiger partial charge in [-0.25, -0.2) is 13.2 Å². The van der Waals surface area contributed by atoms with Crippen molar-refractivity contribution in [1.29, 1.82) is 0 Å². The first kappa shape index (κ1) is 15.8. The number of hydrogen-bond donors (Lipinski definition) is 2. The van der Waals surface area contributed by atoms with E-state index in [1.165, 1.54) is 22.5 Å². The molecule has 1 aliphatic rings. The number of carbonyl (C=O) groups is 1. The van der Waals surface area contributed by atoms with Crippen LogP contribution in [-0.4, -0.2) is 36.4 Å². The molecule has 1 aromatic rings. The fourth-order valence-corrected chi connectivity index (χ4v) is 4.60. The van der Waals surface area contributed by atoms with E-state index < -0.39 is 16.0 Å². The van der Waals surface area contributed by atoms with Gasteiger partial charge in [-0.05, 0) is 43.9 Å². The fourth-order valence-electron chi connectivity index (χ4n) is 2.65. The smallest absolute Gasteiger partial charge is 0.337 e. The Labute approximate surface area is 124 Å². The zero-order valence-corrected chi connectivity index (χ0v) is 12.9. The molecule has 0 spiro atoms. The van der Waals surface area contributed by atoms with Crippen LogP contribution in [0.25, 0.3) is 0 Å². The van der Waals surface area contributed by atoms with E-state index in [9.17, 15) is 18.3 Å². The molecule has 1 heterocycles. The number of rotatable bonds is 3. The number of nitrogens with two attached hydrogens (primary N) is 1. The Kier molecular flexibility index (Phi) is 4.25. The van der Waals surface area contributed by atoms with Gasteiger partial charge in [-0.1, -0.05) is 6.92 Å². The third kappa shape index (κ3) is 3.03. The van der Waals surface area contributed by atoms with Crippen molar-refractivity contribution in [3.63, 3.8) is 0 Å². The highest BCUT2D eigenvalue weighted by Gasteiger charge is 2.35. The lowest BCUT2D eigenvalue weighted by Gasteiger charge is -2.35. The second kappa shape index (κ2) is 5.65. The standard InChI is InChI=1S/C14H20N2O4S/c1-9-3-4-10(2)16(8-9)21(19,20)13-6-5-11(15)7-12(13)14(17)18/h5-7,9-10H,3-4,8,15H2,1-2H3,(H,17,18). The van der Waals surface area contributed by atoms with Crippen LogP contribution < -0.4 is 5.73 Å². The minimum Gasteiger partial charge on any atom is -0.478 e. The van der Waals surface area contributed by atoms with Crippen molar-refractivity contribution in [3.8, 4) is 0 Å². The number of hydrogen-bond acceptors (Lipinski definition) is 4. The summed E-state index contributed by atoms with van der Waals surface area (Å²) in [7, 11) is -3.84. The van der Waals surface area contributed by atoms with E-state index in [0.717, 1.165) is 12.8 Å². The normalized spacial score (nSPS) is 23.9. The first-order chi connectivity index (χ1) is 9.73. The maximum absolute atomic E-state index is 12.8. The number of benzene rings is 1. The summed E-state index contributed by atoms with van der Waals surface area (Å²) in [5.74, 6) is -1.03. The molecule has 1 aliphatic heterocycles. The molecule has 6 nitrogen and oxygen atoms in total. The molecular formula is C14H20N2O4S. The molecule has 2 atom stereocenters. The van der Waals surface area contributed by atoms with E-state index >= 15 is 0 Å². The van der Waals surface area contributed by atoms with Gasteiger partial charge in [-0.2, -0.15) is 4.31 Å². The van der Waals surface area contributed by atoms with Crippen molar-refractivity contribution in [1.82, 2.24) is 4.31 Å². The van der Waals surface area contributed by atoms with E-state index in [1.54, 1.807) is 0 Å². The lowest BCUT2D eigenvalue weighted by molar-refractivity contribution is 0.0692. The molecule has 1 fully saturated rings. The van der Waals surface area contributed by atoms with Gasteiger partial charge in [0.15, 0.2) is 0 Å². The first-order valence-corrected chi connectivity index (χ1v) is 8.32. The zero-order chi connectivity index (χ0) is 15.8. The van der Waals surface area contributed by atoms with E-state index in [4.69, 9.17) is 5.73 Å². The van der Waals surface area contributed by atoms with Gasteiger partial charge in [0.25, 0.3) is 0 Å². The van der Waals surface area contributed by atoms with Gasteiger partial charge in [0.1, 0.15) is 0 Å². The van der Waals surface area contributed by atoms with Gasteiger partial charge in [-0.3, -0.25) is 0 Å². The van der Waals surface area contributed by atoms with Crippen LogP contribution in [0.4, 0.5) is 5.69 Å². The summed E-state index contributed by atoms with van der Waals surface area (Å²) in [6.45, 7) is 4.25. The van der Waals surface area contributed by atoms with Gasteiger partial charge in [-0.15, -0.1) is 0 Å². The highest BCUT2D eigenvalue weighted by molar-refractivity contribution is 7.89. The summed E-state index contributed by atoms with van der Waals surface area (Å²) in [6.07, 6.45) is 1.75. The molecule has 0 saturated carbocycles. The largest absolute Gasteiger partial charge is 0.478 e. The molecule has 1 saturated heterocycles. The molecule has 0 bridgehead atoms. The summed E-state index contributed by atoms with van der Waals surface area (Å²) < 4.78 is 27.0. The van der Waals surface area contributed by atoms with Gasteiger partial charge < -0.3 is 10.8 Å². The number of nitrogen functional groups attached to an aromatic ring is 1. The quantitative estimate of drug-likeness (QED) is 0.828. The number of sulfonamides is 1. The summed E-state index contributed by atoms with van der Waals surface area (Å²) in [4.78, 5) is 11.1. The molecule has 2 unspecified atom stereocenters. The Morgan fingerprint density at radius 2 is 2.00 bits per heavy atom. The third-order valence-electron chi connectivity index (χ3n) is 3.88. The predicted molar refractivity (Wildman–Crippen MR) is 79.6 cm³/mol. The molecular weight excluding hydrogens is 292 g/mol. The second-order valence-corrected chi connectivity index (χ2v) is 7.53. The SMILES string of the molecule is CC1CCC(C)N(S(=O)(=O)c2ccc(N)cc2C(=O)O)C1. The van der Waals surface area contributed by atoms with Crippen LogP contribution >= 0.6 is 0 Å². The predicted octanol–water partition coefficient (Wildman–Crippen LogP) is 1.78. The Balaban J connectivity index is 2.51. The van der Waals surface area contributed by atoms with Crippen molar-refractivity contribution in [3.05, 3.63) is 23.8 Å². The molecule has 7 heteroatoms. The molecule has 0 aliphatic carbocycles. The number of carboxylic acid groups (broad SMARTS) is 1. The minimum atomic E-state index is -3.84. The maximum Gasteiger partial charge on any atom is 0.337 e. The van der Waals surface area contributed by atoms with Crippen molar-refractivity contribution in [2.24, 2.45) is 5.92 Å². The van der Waals surface area contributed by atoms with Crippen LogP contribution in [-0.2, 0) is 10.0 Å². The Morgan fingerprint density at radius 1 is 1.33 bits per heavy atom. The van der Waals surface area contributed by atoms with Crippen LogP contribution in [0.1, 0.15) is 37.0 Å². The molecule has 3 N–H and O–H groups in total. The lowest BCUT2D eigenvalue weighted by Crippen LogP contribution is -2.45. The van der Waals surface area contributed by atoms with Crippen molar-refractivity contribution < 1.29 is 18.3 Å². The Morgan fingerprint density at radius 3 is 2.62 bits per heavy atom.